The van der Waals surface area contributed by atoms with Gasteiger partial charge in [-0.1, -0.05) is 12.2 Å². The standard InChI is InChI=1S/C27H37N5O8/c1-14(33)10-18(27(39)40)12-19(34)13-30-24(36)20(4-3-8-29-15(2)28)31-21(35)7-9-32-25(37)22-16-5-6-17(11-16)23(22)26(32)38/h5-6,16-18,20,22-23H,3-4,7-13H2,1-2H3,(H2,28,29)(H,30,36)(H,31,35)(H,39,40)/t16-,17?,18+,20-,22?,23-/m0/s1. The lowest BCUT2D eigenvalue weighted by Crippen LogP contribution is -2.48. The third kappa shape index (κ3) is 7.60. The van der Waals surface area contributed by atoms with Crippen molar-refractivity contribution in [3.05, 3.63) is 12.2 Å². The van der Waals surface area contributed by atoms with Crippen LogP contribution in [0.2, 0.25) is 0 Å². The van der Waals surface area contributed by atoms with Gasteiger partial charge >= 0.3 is 5.97 Å². The molecule has 218 valence electrons. The number of carboxylic acid groups (broad SMARTS) is 1. The lowest BCUT2D eigenvalue weighted by molar-refractivity contribution is -0.145. The number of amides is 4. The highest BCUT2D eigenvalue weighted by Crippen LogP contribution is 2.52. The Morgan fingerprint density at radius 3 is 2.25 bits per heavy atom. The number of carbonyl (C=O) groups is 7. The number of hydrogen-bond donors (Lipinski definition) is 4. The van der Waals surface area contributed by atoms with Crippen LogP contribution in [0.15, 0.2) is 17.1 Å². The number of carbonyl (C=O) groups excluding carboxylic acids is 6. The molecule has 4 amide bonds. The highest BCUT2D eigenvalue weighted by molar-refractivity contribution is 6.06. The van der Waals surface area contributed by atoms with E-state index in [2.05, 4.69) is 15.6 Å². The number of aliphatic imine (C=N–C) groups is 1. The van der Waals surface area contributed by atoms with Gasteiger partial charge < -0.3 is 26.3 Å². The van der Waals surface area contributed by atoms with Crippen LogP contribution in [0.5, 0.6) is 0 Å². The predicted octanol–water partition coefficient (Wildman–Crippen LogP) is -0.419. The van der Waals surface area contributed by atoms with Crippen molar-refractivity contribution < 1.29 is 38.7 Å². The Balaban J connectivity index is 1.53. The number of rotatable bonds is 16. The number of nitrogens with two attached hydrogens (primary N) is 1. The molecule has 2 fully saturated rings. The Morgan fingerprint density at radius 1 is 1.07 bits per heavy atom. The second kappa shape index (κ2) is 13.4. The van der Waals surface area contributed by atoms with Crippen LogP contribution < -0.4 is 16.4 Å². The number of amidine groups is 1. The average molecular weight is 560 g/mol. The van der Waals surface area contributed by atoms with E-state index in [1.54, 1.807) is 6.92 Å². The van der Waals surface area contributed by atoms with Crippen molar-refractivity contribution >= 4 is 47.0 Å². The number of aliphatic carboxylic acids is 1. The Kier molecular flexibility index (Phi) is 10.3. The molecular weight excluding hydrogens is 522 g/mol. The van der Waals surface area contributed by atoms with Gasteiger partial charge in [0.1, 0.15) is 11.8 Å². The first kappa shape index (κ1) is 30.6. The van der Waals surface area contributed by atoms with Gasteiger partial charge in [-0.25, -0.2) is 0 Å². The van der Waals surface area contributed by atoms with Crippen molar-refractivity contribution in [3.63, 3.8) is 0 Å². The maximum absolute atomic E-state index is 12.9. The molecule has 13 nitrogen and oxygen atoms in total. The molecule has 1 saturated heterocycles. The molecule has 0 aromatic heterocycles. The van der Waals surface area contributed by atoms with Crippen molar-refractivity contribution in [2.75, 3.05) is 19.6 Å². The molecule has 3 rings (SSSR count). The van der Waals surface area contributed by atoms with E-state index >= 15 is 0 Å². The summed E-state index contributed by atoms with van der Waals surface area (Å²) in [5, 5.41) is 14.3. The summed E-state index contributed by atoms with van der Waals surface area (Å²) in [7, 11) is 0. The van der Waals surface area contributed by atoms with Gasteiger partial charge in [0.15, 0.2) is 5.78 Å². The summed E-state index contributed by atoms with van der Waals surface area (Å²) in [5.74, 6) is -5.34. The first-order chi connectivity index (χ1) is 18.9. The van der Waals surface area contributed by atoms with Crippen LogP contribution in [-0.2, 0) is 33.6 Å². The van der Waals surface area contributed by atoms with Crippen LogP contribution in [0, 0.1) is 29.6 Å². The van der Waals surface area contributed by atoms with Gasteiger partial charge in [0.05, 0.1) is 30.1 Å². The monoisotopic (exact) mass is 559 g/mol. The van der Waals surface area contributed by atoms with E-state index in [1.165, 1.54) is 6.92 Å². The fourth-order valence-corrected chi connectivity index (χ4v) is 5.73. The minimum atomic E-state index is -1.28. The van der Waals surface area contributed by atoms with E-state index in [4.69, 9.17) is 5.73 Å². The number of nitrogens with zero attached hydrogens (tertiary/aromatic N) is 2. The van der Waals surface area contributed by atoms with Crippen LogP contribution in [0.3, 0.4) is 0 Å². The molecular formula is C27H37N5O8. The van der Waals surface area contributed by atoms with E-state index in [0.717, 1.165) is 11.3 Å². The fraction of sp³-hybridized carbons (Fsp3) is 0.630. The number of likely N-dealkylation sites (tertiary alicyclic amines) is 1. The van der Waals surface area contributed by atoms with Crippen LogP contribution in [-0.4, -0.2) is 82.7 Å². The van der Waals surface area contributed by atoms with Gasteiger partial charge in [0.2, 0.25) is 23.6 Å². The third-order valence-corrected chi connectivity index (χ3v) is 7.60. The number of imide groups is 1. The highest BCUT2D eigenvalue weighted by Gasteiger charge is 2.59. The van der Waals surface area contributed by atoms with Gasteiger partial charge in [-0.05, 0) is 44.9 Å². The summed E-state index contributed by atoms with van der Waals surface area (Å²) in [6, 6.07) is -1.04. The second-order valence-corrected chi connectivity index (χ2v) is 10.8. The Bertz CT molecular complexity index is 1100. The molecule has 0 spiro atoms. The van der Waals surface area contributed by atoms with E-state index in [0.29, 0.717) is 18.8 Å². The number of ketones is 2. The summed E-state index contributed by atoms with van der Waals surface area (Å²) < 4.78 is 0. The maximum Gasteiger partial charge on any atom is 0.307 e. The number of fused-ring (bicyclic) bond motifs is 5. The summed E-state index contributed by atoms with van der Waals surface area (Å²) in [6.45, 7) is 2.59. The zero-order valence-electron chi connectivity index (χ0n) is 22.8. The molecule has 2 aliphatic carbocycles. The molecule has 0 aromatic carbocycles. The second-order valence-electron chi connectivity index (χ2n) is 10.8. The normalized spacial score (nSPS) is 24.6. The molecule has 2 bridgehead atoms. The third-order valence-electron chi connectivity index (χ3n) is 7.60. The molecule has 6 atom stereocenters. The number of hydrogen-bond acceptors (Lipinski definition) is 8. The molecule has 1 saturated carbocycles. The van der Waals surface area contributed by atoms with Crippen LogP contribution >= 0.6 is 0 Å². The predicted molar refractivity (Wildman–Crippen MR) is 141 cm³/mol. The fourth-order valence-electron chi connectivity index (χ4n) is 5.73. The minimum absolute atomic E-state index is 0.0640. The smallest absolute Gasteiger partial charge is 0.307 e. The van der Waals surface area contributed by atoms with E-state index in [-0.39, 0.29) is 67.1 Å². The zero-order chi connectivity index (χ0) is 29.6. The van der Waals surface area contributed by atoms with Crippen molar-refractivity contribution in [1.29, 1.82) is 0 Å². The Labute approximate surface area is 232 Å². The zero-order valence-corrected chi connectivity index (χ0v) is 22.8. The number of nitrogens with one attached hydrogen (secondary N) is 2. The van der Waals surface area contributed by atoms with Crippen LogP contribution in [0.1, 0.15) is 52.4 Å². The molecule has 40 heavy (non-hydrogen) atoms. The van der Waals surface area contributed by atoms with Crippen LogP contribution in [0.4, 0.5) is 0 Å². The SMILES string of the molecule is CC(=O)C[C@H](CC(=O)CNC(=O)[C@H](CCCN=C(C)N)NC(=O)CCN1C(=O)C2[C@@H](C1=O)C1C=C[C@H]2C1)C(=O)O. The topological polar surface area (TPSA) is 205 Å². The molecule has 0 aromatic rings. The number of allylic oxidation sites excluding steroid dienone is 2. The van der Waals surface area contributed by atoms with Crippen molar-refractivity contribution in [3.8, 4) is 0 Å². The van der Waals surface area contributed by atoms with E-state index in [9.17, 15) is 38.7 Å². The number of carboxylic acids is 1. The summed E-state index contributed by atoms with van der Waals surface area (Å²) in [4.78, 5) is 91.4. The van der Waals surface area contributed by atoms with Gasteiger partial charge in [-0.2, -0.15) is 0 Å². The average Bonchev–Trinajstić information content (AvgIpc) is 3.56. The Hall–Kier alpha value is -3.90. The summed E-state index contributed by atoms with van der Waals surface area (Å²) in [5.41, 5.74) is 5.54. The molecule has 5 N–H and O–H groups in total. The van der Waals surface area contributed by atoms with Crippen molar-refractivity contribution in [2.24, 2.45) is 40.3 Å². The summed E-state index contributed by atoms with van der Waals surface area (Å²) in [6.07, 6.45) is 4.44. The minimum Gasteiger partial charge on any atom is -0.481 e. The maximum atomic E-state index is 12.9. The molecule has 1 heterocycles. The van der Waals surface area contributed by atoms with E-state index in [1.807, 2.05) is 12.2 Å². The lowest BCUT2D eigenvalue weighted by atomic mass is 9.85. The van der Waals surface area contributed by atoms with Crippen molar-refractivity contribution in [2.45, 2.75) is 58.4 Å². The lowest BCUT2D eigenvalue weighted by Gasteiger charge is -2.20. The molecule has 2 unspecified atom stereocenters. The molecule has 3 aliphatic rings. The summed E-state index contributed by atoms with van der Waals surface area (Å²) >= 11 is 0. The van der Waals surface area contributed by atoms with Gasteiger partial charge in [-0.15, -0.1) is 0 Å². The van der Waals surface area contributed by atoms with Gasteiger partial charge in [0, 0.05) is 32.4 Å². The first-order valence-corrected chi connectivity index (χ1v) is 13.5. The molecule has 0 radical (unpaired) electrons. The molecule has 13 heteroatoms. The number of Topliss-reactive ketones (excluding diaryl/α,β-unsaturated/α-hetero) is 2. The van der Waals surface area contributed by atoms with E-state index < -0.39 is 48.5 Å². The highest BCUT2D eigenvalue weighted by atomic mass is 16.4. The van der Waals surface area contributed by atoms with Crippen molar-refractivity contribution in [1.82, 2.24) is 15.5 Å². The quantitative estimate of drug-likeness (QED) is 0.0636. The van der Waals surface area contributed by atoms with Crippen LogP contribution in [0.25, 0.3) is 0 Å². The van der Waals surface area contributed by atoms with Gasteiger partial charge in [0.25, 0.3) is 0 Å². The molecule has 1 aliphatic heterocycles. The first-order valence-electron chi connectivity index (χ1n) is 13.5. The largest absolute Gasteiger partial charge is 0.481 e. The Morgan fingerprint density at radius 2 is 1.70 bits per heavy atom. The van der Waals surface area contributed by atoms with Gasteiger partial charge in [-0.3, -0.25) is 38.7 Å².